The summed E-state index contributed by atoms with van der Waals surface area (Å²) in [6.07, 6.45) is 0.389. The van der Waals surface area contributed by atoms with Crippen molar-refractivity contribution in [1.82, 2.24) is 4.31 Å². The SMILES string of the molecule is O=C(O)c1ccccc1S(=O)(=O)N1CCC(N2C(=O)OCc3cc(Br)ccc32)CC1. The molecule has 2 aliphatic heterocycles. The van der Waals surface area contributed by atoms with Gasteiger partial charge in [0.15, 0.2) is 0 Å². The molecule has 1 amide bonds. The molecule has 158 valence electrons. The largest absolute Gasteiger partial charge is 0.478 e. The predicted molar refractivity (Wildman–Crippen MR) is 112 cm³/mol. The average Bonchev–Trinajstić information content (AvgIpc) is 2.74. The van der Waals surface area contributed by atoms with Crippen molar-refractivity contribution in [2.45, 2.75) is 30.4 Å². The molecule has 0 atom stereocenters. The van der Waals surface area contributed by atoms with Crippen LogP contribution in [-0.2, 0) is 21.4 Å². The maximum Gasteiger partial charge on any atom is 0.414 e. The number of piperidine rings is 1. The molecule has 0 bridgehead atoms. The first-order chi connectivity index (χ1) is 14.3. The van der Waals surface area contributed by atoms with Crippen molar-refractivity contribution in [1.29, 1.82) is 0 Å². The van der Waals surface area contributed by atoms with E-state index in [2.05, 4.69) is 15.9 Å². The van der Waals surface area contributed by atoms with Gasteiger partial charge >= 0.3 is 12.1 Å². The molecule has 1 fully saturated rings. The maximum absolute atomic E-state index is 13.0. The van der Waals surface area contributed by atoms with E-state index < -0.39 is 22.1 Å². The second kappa shape index (κ2) is 8.01. The van der Waals surface area contributed by atoms with Crippen LogP contribution in [0.4, 0.5) is 10.5 Å². The van der Waals surface area contributed by atoms with Gasteiger partial charge in [0.25, 0.3) is 0 Å². The van der Waals surface area contributed by atoms with E-state index in [1.54, 1.807) is 4.90 Å². The van der Waals surface area contributed by atoms with Crippen LogP contribution in [0.25, 0.3) is 0 Å². The zero-order valence-corrected chi connectivity index (χ0v) is 18.2. The number of benzene rings is 2. The number of cyclic esters (lactones) is 1. The molecule has 4 rings (SSSR count). The van der Waals surface area contributed by atoms with E-state index in [-0.39, 0.29) is 36.2 Å². The number of rotatable bonds is 4. The summed E-state index contributed by atoms with van der Waals surface area (Å²) in [5.41, 5.74) is 1.40. The number of amides is 1. The smallest absolute Gasteiger partial charge is 0.414 e. The first kappa shape index (κ1) is 20.8. The summed E-state index contributed by atoms with van der Waals surface area (Å²) in [5.74, 6) is -1.29. The number of nitrogens with zero attached hydrogens (tertiary/aromatic N) is 2. The number of hydrogen-bond donors (Lipinski definition) is 1. The molecule has 2 aliphatic rings. The molecule has 0 unspecified atom stereocenters. The van der Waals surface area contributed by atoms with E-state index in [0.29, 0.717) is 12.8 Å². The van der Waals surface area contributed by atoms with Crippen LogP contribution in [0.2, 0.25) is 0 Å². The normalized spacial score (nSPS) is 18.0. The number of carbonyl (C=O) groups excluding carboxylic acids is 1. The van der Waals surface area contributed by atoms with Gasteiger partial charge in [0.05, 0.1) is 16.1 Å². The van der Waals surface area contributed by atoms with Gasteiger partial charge in [0, 0.05) is 29.2 Å². The Morgan fingerprint density at radius 2 is 1.83 bits per heavy atom. The van der Waals surface area contributed by atoms with Gasteiger partial charge in [-0.25, -0.2) is 18.0 Å². The standard InChI is InChI=1S/C20H19BrN2O6S/c21-14-5-6-17-13(11-14)12-29-20(26)23(17)15-7-9-22(10-8-15)30(27,28)18-4-2-1-3-16(18)19(24)25/h1-6,11,15H,7-10,12H2,(H,24,25). The average molecular weight is 495 g/mol. The van der Waals surface area contributed by atoms with E-state index in [0.717, 1.165) is 15.7 Å². The summed E-state index contributed by atoms with van der Waals surface area (Å²) in [6.45, 7) is 0.552. The van der Waals surface area contributed by atoms with Gasteiger partial charge in [-0.05, 0) is 43.2 Å². The molecule has 0 saturated carbocycles. The van der Waals surface area contributed by atoms with E-state index in [1.165, 1.54) is 28.6 Å². The highest BCUT2D eigenvalue weighted by molar-refractivity contribution is 9.10. The van der Waals surface area contributed by atoms with Gasteiger partial charge in [0.1, 0.15) is 6.61 Å². The van der Waals surface area contributed by atoms with Gasteiger partial charge in [-0.1, -0.05) is 28.1 Å². The summed E-state index contributed by atoms with van der Waals surface area (Å²) in [5, 5.41) is 9.34. The molecule has 8 nitrogen and oxygen atoms in total. The summed E-state index contributed by atoms with van der Waals surface area (Å²) < 4.78 is 33.6. The van der Waals surface area contributed by atoms with E-state index in [9.17, 15) is 23.1 Å². The number of halogens is 1. The number of carbonyl (C=O) groups is 2. The minimum atomic E-state index is -3.96. The van der Waals surface area contributed by atoms with Crippen LogP contribution in [0, 0.1) is 0 Å². The molecule has 1 saturated heterocycles. The molecule has 1 N–H and O–H groups in total. The summed E-state index contributed by atoms with van der Waals surface area (Å²) >= 11 is 3.42. The van der Waals surface area contributed by atoms with Crippen molar-refractivity contribution in [3.63, 3.8) is 0 Å². The third-order valence-corrected chi connectivity index (χ3v) is 7.82. The predicted octanol–water partition coefficient (Wildman–Crippen LogP) is 3.46. The number of aromatic carboxylic acids is 1. The minimum absolute atomic E-state index is 0.177. The lowest BCUT2D eigenvalue weighted by Crippen LogP contribution is -2.50. The minimum Gasteiger partial charge on any atom is -0.478 e. The number of carboxylic acids is 1. The second-order valence-electron chi connectivity index (χ2n) is 7.13. The Kier molecular flexibility index (Phi) is 5.56. The first-order valence-corrected chi connectivity index (χ1v) is 11.6. The number of hydrogen-bond acceptors (Lipinski definition) is 5. The summed E-state index contributed by atoms with van der Waals surface area (Å²) in [7, 11) is -3.96. The molecule has 0 radical (unpaired) electrons. The monoisotopic (exact) mass is 494 g/mol. The summed E-state index contributed by atoms with van der Waals surface area (Å²) in [4.78, 5) is 25.3. The molecule has 10 heteroatoms. The third kappa shape index (κ3) is 3.70. The molecule has 2 heterocycles. The quantitative estimate of drug-likeness (QED) is 0.697. The van der Waals surface area contributed by atoms with Crippen LogP contribution >= 0.6 is 15.9 Å². The highest BCUT2D eigenvalue weighted by Gasteiger charge is 2.38. The fourth-order valence-corrected chi connectivity index (χ4v) is 5.97. The van der Waals surface area contributed by atoms with Gasteiger partial charge in [-0.15, -0.1) is 0 Å². The number of sulfonamides is 1. The topological polar surface area (TPSA) is 104 Å². The number of fused-ring (bicyclic) bond motifs is 1. The van der Waals surface area contributed by atoms with Crippen molar-refractivity contribution in [3.8, 4) is 0 Å². The molecule has 0 aromatic heterocycles. The molecule has 0 aliphatic carbocycles. The van der Waals surface area contributed by atoms with E-state index in [1.807, 2.05) is 18.2 Å². The zero-order valence-electron chi connectivity index (χ0n) is 15.8. The van der Waals surface area contributed by atoms with Crippen LogP contribution < -0.4 is 4.90 Å². The van der Waals surface area contributed by atoms with Crippen LogP contribution in [0.15, 0.2) is 51.8 Å². The fraction of sp³-hybridized carbons (Fsp3) is 0.300. The molecular formula is C20H19BrN2O6S. The molecular weight excluding hydrogens is 476 g/mol. The van der Waals surface area contributed by atoms with Crippen LogP contribution in [-0.4, -0.2) is 49.0 Å². The highest BCUT2D eigenvalue weighted by Crippen LogP contribution is 2.34. The Labute approximate surface area is 182 Å². The molecule has 2 aromatic rings. The fourth-order valence-electron chi connectivity index (χ4n) is 3.91. The lowest BCUT2D eigenvalue weighted by atomic mass is 10.0. The highest BCUT2D eigenvalue weighted by atomic mass is 79.9. The number of anilines is 1. The summed E-state index contributed by atoms with van der Waals surface area (Å²) in [6, 6.07) is 11.0. The Hall–Kier alpha value is -2.43. The Morgan fingerprint density at radius 3 is 2.53 bits per heavy atom. The molecule has 0 spiro atoms. The lowest BCUT2D eigenvalue weighted by Gasteiger charge is -2.39. The van der Waals surface area contributed by atoms with Crippen LogP contribution in [0.1, 0.15) is 28.8 Å². The molecule has 2 aromatic carbocycles. The number of ether oxygens (including phenoxy) is 1. The Balaban J connectivity index is 1.55. The van der Waals surface area contributed by atoms with Crippen LogP contribution in [0.3, 0.4) is 0 Å². The van der Waals surface area contributed by atoms with Gasteiger partial charge in [0.2, 0.25) is 10.0 Å². The van der Waals surface area contributed by atoms with E-state index >= 15 is 0 Å². The first-order valence-electron chi connectivity index (χ1n) is 9.36. The van der Waals surface area contributed by atoms with Crippen molar-refractivity contribution in [2.75, 3.05) is 18.0 Å². The number of carboxylic acid groups (broad SMARTS) is 1. The van der Waals surface area contributed by atoms with Crippen molar-refractivity contribution >= 4 is 43.7 Å². The lowest BCUT2D eigenvalue weighted by molar-refractivity contribution is 0.0692. The van der Waals surface area contributed by atoms with Gasteiger partial charge < -0.3 is 9.84 Å². The van der Waals surface area contributed by atoms with Gasteiger partial charge in [-0.2, -0.15) is 4.31 Å². The molecule has 30 heavy (non-hydrogen) atoms. The van der Waals surface area contributed by atoms with Gasteiger partial charge in [-0.3, -0.25) is 4.90 Å². The van der Waals surface area contributed by atoms with E-state index in [4.69, 9.17) is 4.74 Å². The second-order valence-corrected chi connectivity index (χ2v) is 9.96. The third-order valence-electron chi connectivity index (χ3n) is 5.37. The van der Waals surface area contributed by atoms with Crippen molar-refractivity contribution in [3.05, 3.63) is 58.1 Å². The maximum atomic E-state index is 13.0. The van der Waals surface area contributed by atoms with Crippen molar-refractivity contribution in [2.24, 2.45) is 0 Å². The van der Waals surface area contributed by atoms with Crippen molar-refractivity contribution < 1.29 is 27.9 Å². The Morgan fingerprint density at radius 1 is 1.13 bits per heavy atom. The Bertz CT molecular complexity index is 1110. The zero-order chi connectivity index (χ0) is 21.5. The van der Waals surface area contributed by atoms with Crippen LogP contribution in [0.5, 0.6) is 0 Å².